The van der Waals surface area contributed by atoms with Gasteiger partial charge in [0.05, 0.1) is 6.54 Å². The molecular weight excluding hydrogens is 238 g/mol. The molecule has 0 saturated heterocycles. The first-order chi connectivity index (χ1) is 9.24. The Balaban J connectivity index is 0. The van der Waals surface area contributed by atoms with Crippen LogP contribution in [0.25, 0.3) is 0 Å². The quantitative estimate of drug-likeness (QED) is 0.633. The van der Waals surface area contributed by atoms with Crippen LogP contribution in [0.1, 0.15) is 44.7 Å². The van der Waals surface area contributed by atoms with Gasteiger partial charge in [0.25, 0.3) is 0 Å². The molecule has 0 heterocycles. The van der Waals surface area contributed by atoms with Crippen molar-refractivity contribution < 1.29 is 9.59 Å². The summed E-state index contributed by atoms with van der Waals surface area (Å²) < 4.78 is 0. The minimum atomic E-state index is 0.115. The van der Waals surface area contributed by atoms with Crippen LogP contribution >= 0.6 is 0 Å². The van der Waals surface area contributed by atoms with E-state index in [1.807, 2.05) is 13.8 Å². The molecule has 0 spiro atoms. The lowest BCUT2D eigenvalue weighted by molar-refractivity contribution is -0.113. The predicted octanol–water partition coefficient (Wildman–Crippen LogP) is 3.30. The molecule has 0 unspecified atom stereocenters. The van der Waals surface area contributed by atoms with E-state index >= 15 is 0 Å². The summed E-state index contributed by atoms with van der Waals surface area (Å²) in [5.41, 5.74) is 2.82. The first-order valence-corrected chi connectivity index (χ1v) is 6.90. The summed E-state index contributed by atoms with van der Waals surface area (Å²) in [5, 5.41) is 2.15. The highest BCUT2D eigenvalue weighted by Crippen LogP contribution is 2.06. The molecule has 1 aromatic rings. The van der Waals surface area contributed by atoms with Gasteiger partial charge in [0.15, 0.2) is 0 Å². The van der Waals surface area contributed by atoms with Gasteiger partial charge in [-0.3, -0.25) is 4.79 Å². The molecule has 0 aliphatic carbocycles. The van der Waals surface area contributed by atoms with Gasteiger partial charge in [-0.05, 0) is 25.3 Å². The van der Waals surface area contributed by atoms with Crippen LogP contribution in [0.5, 0.6) is 0 Å². The Labute approximate surface area is 117 Å². The Hall–Kier alpha value is -1.64. The molecule has 1 amide bonds. The Morgan fingerprint density at radius 1 is 1.11 bits per heavy atom. The summed E-state index contributed by atoms with van der Waals surface area (Å²) in [5.74, 6) is 0. The first-order valence-electron chi connectivity index (χ1n) is 6.90. The topological polar surface area (TPSA) is 46.2 Å². The van der Waals surface area contributed by atoms with Crippen LogP contribution in [-0.4, -0.2) is 19.2 Å². The number of unbranched alkanes of at least 4 members (excludes halogenated alkanes) is 1. The summed E-state index contributed by atoms with van der Waals surface area (Å²) in [6, 6.07) is 8.83. The number of rotatable bonds is 6. The minimum Gasteiger partial charge on any atom is -0.352 e. The standard InChI is InChI=1S/C11H16.C3H5NO2.C2H6/c1-3-4-5-11-8-6-10(2)7-9-11;5-2-1-4-3-6;1-2/h6-9H,3-5H2,1-2H3;2-3H,1H2,(H,4,6);1-2H3. The van der Waals surface area contributed by atoms with Crippen molar-refractivity contribution in [2.45, 2.75) is 47.0 Å². The van der Waals surface area contributed by atoms with Crippen molar-refractivity contribution in [2.24, 2.45) is 0 Å². The second kappa shape index (κ2) is 16.4. The second-order valence-electron chi connectivity index (χ2n) is 3.78. The maximum atomic E-state index is 9.34. The molecule has 0 saturated carbocycles. The molecule has 19 heavy (non-hydrogen) atoms. The minimum absolute atomic E-state index is 0.115. The molecular formula is C16H27NO2. The molecule has 1 N–H and O–H groups in total. The molecule has 0 aliphatic rings. The lowest BCUT2D eigenvalue weighted by Gasteiger charge is -1.99. The van der Waals surface area contributed by atoms with E-state index in [-0.39, 0.29) is 6.54 Å². The third-order valence-corrected chi connectivity index (χ3v) is 2.22. The van der Waals surface area contributed by atoms with Gasteiger partial charge in [-0.25, -0.2) is 0 Å². The molecule has 3 heteroatoms. The molecule has 1 aromatic carbocycles. The second-order valence-corrected chi connectivity index (χ2v) is 3.78. The number of carbonyl (C=O) groups is 2. The van der Waals surface area contributed by atoms with Gasteiger partial charge in [0, 0.05) is 0 Å². The van der Waals surface area contributed by atoms with Crippen molar-refractivity contribution in [2.75, 3.05) is 6.54 Å². The van der Waals surface area contributed by atoms with Crippen molar-refractivity contribution in [3.8, 4) is 0 Å². The summed E-state index contributed by atoms with van der Waals surface area (Å²) in [6.45, 7) is 8.47. The highest BCUT2D eigenvalue weighted by atomic mass is 16.1. The van der Waals surface area contributed by atoms with Gasteiger partial charge in [-0.2, -0.15) is 0 Å². The monoisotopic (exact) mass is 265 g/mol. The maximum absolute atomic E-state index is 9.34. The van der Waals surface area contributed by atoms with Crippen molar-refractivity contribution in [1.29, 1.82) is 0 Å². The zero-order valence-corrected chi connectivity index (χ0v) is 12.6. The van der Waals surface area contributed by atoms with Crippen LogP contribution in [0, 0.1) is 6.92 Å². The molecule has 0 aliphatic heterocycles. The van der Waals surface area contributed by atoms with Crippen LogP contribution in [0.2, 0.25) is 0 Å². The third kappa shape index (κ3) is 14.3. The third-order valence-electron chi connectivity index (χ3n) is 2.22. The van der Waals surface area contributed by atoms with E-state index in [1.54, 1.807) is 0 Å². The van der Waals surface area contributed by atoms with Crippen LogP contribution in [0.4, 0.5) is 0 Å². The normalized spacial score (nSPS) is 8.21. The van der Waals surface area contributed by atoms with E-state index in [2.05, 4.69) is 43.4 Å². The molecule has 1 rings (SSSR count). The summed E-state index contributed by atoms with van der Waals surface area (Å²) in [4.78, 5) is 18.6. The molecule has 108 valence electrons. The van der Waals surface area contributed by atoms with E-state index < -0.39 is 0 Å². The van der Waals surface area contributed by atoms with Crippen molar-refractivity contribution >= 4 is 12.7 Å². The number of amides is 1. The number of aldehydes is 1. The largest absolute Gasteiger partial charge is 0.352 e. The fourth-order valence-electron chi connectivity index (χ4n) is 1.23. The smallest absolute Gasteiger partial charge is 0.207 e. The molecule has 0 fully saturated rings. The van der Waals surface area contributed by atoms with Crippen molar-refractivity contribution in [3.05, 3.63) is 35.4 Å². The lowest BCUT2D eigenvalue weighted by atomic mass is 10.1. The number of carbonyl (C=O) groups excluding carboxylic acids is 2. The lowest BCUT2D eigenvalue weighted by Crippen LogP contribution is -2.12. The van der Waals surface area contributed by atoms with Gasteiger partial charge in [-0.1, -0.05) is 57.0 Å². The van der Waals surface area contributed by atoms with Crippen LogP contribution in [0.3, 0.4) is 0 Å². The highest BCUT2D eigenvalue weighted by Gasteiger charge is 1.90. The SMILES string of the molecule is CC.CCCCc1ccc(C)cc1.O=CCNC=O. The predicted molar refractivity (Wildman–Crippen MR) is 81.3 cm³/mol. The van der Waals surface area contributed by atoms with E-state index in [1.165, 1.54) is 30.4 Å². The van der Waals surface area contributed by atoms with Gasteiger partial charge in [0.1, 0.15) is 6.29 Å². The number of hydrogen-bond donors (Lipinski definition) is 1. The van der Waals surface area contributed by atoms with Crippen molar-refractivity contribution in [3.63, 3.8) is 0 Å². The van der Waals surface area contributed by atoms with E-state index in [0.29, 0.717) is 12.7 Å². The number of aryl methyl sites for hydroxylation is 2. The summed E-state index contributed by atoms with van der Waals surface area (Å²) in [6.07, 6.45) is 4.93. The van der Waals surface area contributed by atoms with Crippen LogP contribution in [-0.2, 0) is 16.0 Å². The number of hydrogen-bond acceptors (Lipinski definition) is 2. The highest BCUT2D eigenvalue weighted by molar-refractivity contribution is 5.58. The van der Waals surface area contributed by atoms with Gasteiger partial charge < -0.3 is 10.1 Å². The first kappa shape index (κ1) is 19.7. The molecule has 3 nitrogen and oxygen atoms in total. The molecule has 0 aromatic heterocycles. The fraction of sp³-hybridized carbons (Fsp3) is 0.500. The summed E-state index contributed by atoms with van der Waals surface area (Å²) in [7, 11) is 0. The Bertz CT molecular complexity index is 299. The molecule has 0 atom stereocenters. The zero-order valence-electron chi connectivity index (χ0n) is 12.6. The van der Waals surface area contributed by atoms with Gasteiger partial charge in [-0.15, -0.1) is 0 Å². The van der Waals surface area contributed by atoms with E-state index in [4.69, 9.17) is 0 Å². The molecule has 0 bridgehead atoms. The van der Waals surface area contributed by atoms with E-state index in [9.17, 15) is 9.59 Å². The number of nitrogens with one attached hydrogen (secondary N) is 1. The fourth-order valence-corrected chi connectivity index (χ4v) is 1.23. The number of benzene rings is 1. The average Bonchev–Trinajstić information content (AvgIpc) is 2.47. The average molecular weight is 265 g/mol. The molecule has 0 radical (unpaired) electrons. The summed E-state index contributed by atoms with van der Waals surface area (Å²) >= 11 is 0. The van der Waals surface area contributed by atoms with Crippen LogP contribution < -0.4 is 5.32 Å². The van der Waals surface area contributed by atoms with Gasteiger partial charge in [0.2, 0.25) is 6.41 Å². The Kier molecular flexibility index (Phi) is 17.0. The Morgan fingerprint density at radius 3 is 2.05 bits per heavy atom. The van der Waals surface area contributed by atoms with Crippen molar-refractivity contribution in [1.82, 2.24) is 5.32 Å². The van der Waals surface area contributed by atoms with E-state index in [0.717, 1.165) is 0 Å². The van der Waals surface area contributed by atoms with Crippen LogP contribution in [0.15, 0.2) is 24.3 Å². The maximum Gasteiger partial charge on any atom is 0.207 e. The van der Waals surface area contributed by atoms with Gasteiger partial charge >= 0.3 is 0 Å². The zero-order chi connectivity index (χ0) is 14.9. The Morgan fingerprint density at radius 2 is 1.68 bits per heavy atom.